The van der Waals surface area contributed by atoms with Crippen molar-refractivity contribution < 1.29 is 14.6 Å². The van der Waals surface area contributed by atoms with Crippen molar-refractivity contribution in [2.24, 2.45) is 4.99 Å². The number of hydrogen-bond acceptors (Lipinski definition) is 4. The lowest BCUT2D eigenvalue weighted by Gasteiger charge is -2.38. The topological polar surface area (TPSA) is 75.1 Å². The number of aliphatic hydroxyl groups excluding tert-OH is 1. The Morgan fingerprint density at radius 3 is 2.70 bits per heavy atom. The summed E-state index contributed by atoms with van der Waals surface area (Å²) < 4.78 is 11.7. The van der Waals surface area contributed by atoms with Gasteiger partial charge in [0.1, 0.15) is 11.4 Å². The summed E-state index contributed by atoms with van der Waals surface area (Å²) in [6.07, 6.45) is 0.152. The van der Waals surface area contributed by atoms with E-state index in [1.54, 1.807) is 0 Å². The van der Waals surface area contributed by atoms with Crippen molar-refractivity contribution in [1.29, 1.82) is 0 Å². The lowest BCUT2D eigenvalue weighted by molar-refractivity contribution is 0.0330. The normalized spacial score (nSPS) is 18.8. The number of para-hydroxylation sites is 1. The van der Waals surface area contributed by atoms with Crippen LogP contribution in [0.5, 0.6) is 5.75 Å². The SMILES string of the molecule is CCNC(=NCC(O)COCc1ccccc1)NC1CC(C)(C)Oc2ccccc21. The summed E-state index contributed by atoms with van der Waals surface area (Å²) in [5.41, 5.74) is 1.94. The number of fused-ring (bicyclic) bond motifs is 1. The number of ether oxygens (including phenoxy) is 2. The first kappa shape index (κ1) is 22.1. The number of nitrogens with one attached hydrogen (secondary N) is 2. The molecule has 2 aromatic carbocycles. The fourth-order valence-electron chi connectivity index (χ4n) is 3.55. The molecular formula is C24H33N3O3. The lowest BCUT2D eigenvalue weighted by atomic mass is 9.90. The Morgan fingerprint density at radius 2 is 1.93 bits per heavy atom. The molecule has 6 nitrogen and oxygen atoms in total. The Balaban J connectivity index is 1.57. The van der Waals surface area contributed by atoms with E-state index in [2.05, 4.69) is 35.5 Å². The van der Waals surface area contributed by atoms with Gasteiger partial charge in [-0.3, -0.25) is 4.99 Å². The predicted molar refractivity (Wildman–Crippen MR) is 120 cm³/mol. The van der Waals surface area contributed by atoms with Crippen molar-refractivity contribution in [3.8, 4) is 5.75 Å². The van der Waals surface area contributed by atoms with Crippen LogP contribution in [-0.4, -0.2) is 42.5 Å². The van der Waals surface area contributed by atoms with Crippen LogP contribution in [0.15, 0.2) is 59.6 Å². The Labute approximate surface area is 179 Å². The van der Waals surface area contributed by atoms with Crippen molar-refractivity contribution >= 4 is 5.96 Å². The minimum absolute atomic E-state index is 0.0780. The molecule has 6 heteroatoms. The van der Waals surface area contributed by atoms with Gasteiger partial charge in [0.15, 0.2) is 5.96 Å². The summed E-state index contributed by atoms with van der Waals surface area (Å²) in [6, 6.07) is 18.1. The van der Waals surface area contributed by atoms with Crippen LogP contribution < -0.4 is 15.4 Å². The highest BCUT2D eigenvalue weighted by Gasteiger charge is 2.33. The molecule has 0 bridgehead atoms. The molecule has 30 heavy (non-hydrogen) atoms. The molecule has 0 aliphatic carbocycles. The van der Waals surface area contributed by atoms with E-state index in [0.717, 1.165) is 29.8 Å². The fraction of sp³-hybridized carbons (Fsp3) is 0.458. The number of rotatable bonds is 8. The average Bonchev–Trinajstić information content (AvgIpc) is 2.72. The third-order valence-corrected chi connectivity index (χ3v) is 4.91. The van der Waals surface area contributed by atoms with Crippen LogP contribution in [0.2, 0.25) is 0 Å². The van der Waals surface area contributed by atoms with Gasteiger partial charge in [-0.05, 0) is 32.4 Å². The van der Waals surface area contributed by atoms with Gasteiger partial charge >= 0.3 is 0 Å². The third-order valence-electron chi connectivity index (χ3n) is 4.91. The Hall–Kier alpha value is -2.57. The molecule has 0 spiro atoms. The predicted octanol–water partition coefficient (Wildman–Crippen LogP) is 3.42. The maximum Gasteiger partial charge on any atom is 0.191 e. The summed E-state index contributed by atoms with van der Waals surface area (Å²) in [6.45, 7) is 7.93. The minimum atomic E-state index is -0.664. The van der Waals surface area contributed by atoms with Gasteiger partial charge in [0.25, 0.3) is 0 Å². The van der Waals surface area contributed by atoms with Crippen LogP contribution in [0.4, 0.5) is 0 Å². The zero-order valence-corrected chi connectivity index (χ0v) is 18.1. The number of hydrogen-bond donors (Lipinski definition) is 3. The number of aliphatic hydroxyl groups is 1. The Kier molecular flexibility index (Phi) is 7.71. The van der Waals surface area contributed by atoms with Gasteiger partial charge < -0.3 is 25.2 Å². The molecule has 0 radical (unpaired) electrons. The van der Waals surface area contributed by atoms with Gasteiger partial charge in [-0.2, -0.15) is 0 Å². The van der Waals surface area contributed by atoms with Crippen molar-refractivity contribution in [2.75, 3.05) is 19.7 Å². The summed E-state index contributed by atoms with van der Waals surface area (Å²) in [5.74, 6) is 1.58. The molecule has 1 aliphatic rings. The highest BCUT2D eigenvalue weighted by atomic mass is 16.5. The van der Waals surface area contributed by atoms with Crippen LogP contribution in [-0.2, 0) is 11.3 Å². The number of aliphatic imine (C=N–C) groups is 1. The maximum atomic E-state index is 10.3. The van der Waals surface area contributed by atoms with E-state index in [4.69, 9.17) is 9.47 Å². The molecule has 0 aromatic heterocycles. The molecule has 0 saturated carbocycles. The molecule has 2 aromatic rings. The largest absolute Gasteiger partial charge is 0.487 e. The standard InChI is InChI=1S/C24H33N3O3/c1-4-25-23(26-15-19(28)17-29-16-18-10-6-5-7-11-18)27-21-14-24(2,3)30-22-13-9-8-12-20(21)22/h5-13,19,21,28H,4,14-17H2,1-3H3,(H2,25,26,27). The number of benzene rings is 2. The monoisotopic (exact) mass is 411 g/mol. The molecule has 2 unspecified atom stereocenters. The first-order valence-corrected chi connectivity index (χ1v) is 10.6. The highest BCUT2D eigenvalue weighted by molar-refractivity contribution is 5.80. The second-order valence-electron chi connectivity index (χ2n) is 8.17. The van der Waals surface area contributed by atoms with Gasteiger partial charge in [0.2, 0.25) is 0 Å². The summed E-state index contributed by atoms with van der Waals surface area (Å²) in [5, 5.41) is 17.1. The molecule has 0 amide bonds. The minimum Gasteiger partial charge on any atom is -0.487 e. The second kappa shape index (κ2) is 10.5. The second-order valence-corrected chi connectivity index (χ2v) is 8.17. The van der Waals surface area contributed by atoms with E-state index in [1.807, 2.05) is 55.5 Å². The molecule has 0 fully saturated rings. The average molecular weight is 412 g/mol. The fourth-order valence-corrected chi connectivity index (χ4v) is 3.55. The van der Waals surface area contributed by atoms with Crippen LogP contribution in [0.3, 0.4) is 0 Å². The molecule has 2 atom stereocenters. The van der Waals surface area contributed by atoms with Gasteiger partial charge in [0.05, 0.1) is 31.9 Å². The molecule has 1 heterocycles. The van der Waals surface area contributed by atoms with Gasteiger partial charge in [-0.1, -0.05) is 48.5 Å². The maximum absolute atomic E-state index is 10.3. The van der Waals surface area contributed by atoms with Crippen LogP contribution in [0.1, 0.15) is 44.4 Å². The van der Waals surface area contributed by atoms with E-state index in [-0.39, 0.29) is 24.8 Å². The van der Waals surface area contributed by atoms with E-state index >= 15 is 0 Å². The molecule has 1 aliphatic heterocycles. The number of guanidine groups is 1. The van der Waals surface area contributed by atoms with Crippen LogP contribution in [0.25, 0.3) is 0 Å². The Bertz CT molecular complexity index is 823. The smallest absolute Gasteiger partial charge is 0.191 e. The first-order valence-electron chi connectivity index (χ1n) is 10.6. The summed E-state index contributed by atoms with van der Waals surface area (Å²) in [7, 11) is 0. The van der Waals surface area contributed by atoms with Crippen molar-refractivity contribution in [1.82, 2.24) is 10.6 Å². The van der Waals surface area contributed by atoms with E-state index in [9.17, 15) is 5.11 Å². The molecular weight excluding hydrogens is 378 g/mol. The van der Waals surface area contributed by atoms with Crippen molar-refractivity contribution in [3.63, 3.8) is 0 Å². The molecule has 3 N–H and O–H groups in total. The zero-order valence-electron chi connectivity index (χ0n) is 18.1. The highest BCUT2D eigenvalue weighted by Crippen LogP contribution is 2.39. The van der Waals surface area contributed by atoms with Crippen LogP contribution >= 0.6 is 0 Å². The van der Waals surface area contributed by atoms with E-state index in [1.165, 1.54) is 0 Å². The van der Waals surface area contributed by atoms with Gasteiger partial charge in [-0.25, -0.2) is 0 Å². The third kappa shape index (κ3) is 6.47. The van der Waals surface area contributed by atoms with Crippen LogP contribution in [0, 0.1) is 0 Å². The van der Waals surface area contributed by atoms with Crippen molar-refractivity contribution in [3.05, 3.63) is 65.7 Å². The van der Waals surface area contributed by atoms with E-state index < -0.39 is 6.10 Å². The molecule has 0 saturated heterocycles. The van der Waals surface area contributed by atoms with E-state index in [0.29, 0.717) is 12.6 Å². The zero-order chi connectivity index (χ0) is 21.4. The number of nitrogens with zero attached hydrogens (tertiary/aromatic N) is 1. The summed E-state index contributed by atoms with van der Waals surface area (Å²) in [4.78, 5) is 4.58. The van der Waals surface area contributed by atoms with Gasteiger partial charge in [-0.15, -0.1) is 0 Å². The molecule has 3 rings (SSSR count). The first-order chi connectivity index (χ1) is 14.5. The van der Waals surface area contributed by atoms with Crippen molar-refractivity contribution in [2.45, 2.75) is 51.5 Å². The van der Waals surface area contributed by atoms with Gasteiger partial charge in [0, 0.05) is 18.5 Å². The quantitative estimate of drug-likeness (QED) is 0.458. The summed E-state index contributed by atoms with van der Waals surface area (Å²) >= 11 is 0. The lowest BCUT2D eigenvalue weighted by Crippen LogP contribution is -2.45. The molecule has 162 valence electrons. The Morgan fingerprint density at radius 1 is 1.20 bits per heavy atom.